The van der Waals surface area contributed by atoms with Crippen molar-refractivity contribution in [2.24, 2.45) is 7.05 Å². The van der Waals surface area contributed by atoms with Crippen LogP contribution in [0.2, 0.25) is 0 Å². The summed E-state index contributed by atoms with van der Waals surface area (Å²) in [6.07, 6.45) is 1.33. The predicted molar refractivity (Wildman–Crippen MR) is 88.6 cm³/mol. The SMILES string of the molecule is CCOC(=O)c1cc(S(=O)(=O)N(C)CC(=O)N2CCOCC2)cn1C. The van der Waals surface area contributed by atoms with Crippen molar-refractivity contribution < 1.29 is 27.5 Å². The Bertz CT molecular complexity index is 736. The number of ether oxygens (including phenoxy) is 2. The van der Waals surface area contributed by atoms with Gasteiger partial charge in [-0.3, -0.25) is 4.79 Å². The van der Waals surface area contributed by atoms with Crippen LogP contribution in [0.15, 0.2) is 17.2 Å². The van der Waals surface area contributed by atoms with E-state index in [1.165, 1.54) is 23.9 Å². The van der Waals surface area contributed by atoms with Gasteiger partial charge in [0, 0.05) is 33.4 Å². The number of sulfonamides is 1. The molecule has 0 aliphatic carbocycles. The van der Waals surface area contributed by atoms with Crippen LogP contribution in [-0.4, -0.2) is 80.6 Å². The molecule has 25 heavy (non-hydrogen) atoms. The third-order valence-electron chi connectivity index (χ3n) is 3.89. The number of morpholine rings is 1. The Morgan fingerprint density at radius 1 is 1.32 bits per heavy atom. The van der Waals surface area contributed by atoms with E-state index in [1.54, 1.807) is 18.9 Å². The normalized spacial score (nSPS) is 15.4. The molecular formula is C15H23N3O6S. The van der Waals surface area contributed by atoms with E-state index in [9.17, 15) is 18.0 Å². The number of hydrogen-bond acceptors (Lipinski definition) is 6. The van der Waals surface area contributed by atoms with Crippen molar-refractivity contribution in [3.63, 3.8) is 0 Å². The molecule has 1 aliphatic heterocycles. The zero-order valence-corrected chi connectivity index (χ0v) is 15.4. The molecule has 1 aliphatic rings. The summed E-state index contributed by atoms with van der Waals surface area (Å²) in [7, 11) is -0.999. The van der Waals surface area contributed by atoms with Crippen LogP contribution >= 0.6 is 0 Å². The smallest absolute Gasteiger partial charge is 0.354 e. The van der Waals surface area contributed by atoms with E-state index in [0.29, 0.717) is 26.3 Å². The second kappa shape index (κ2) is 7.98. The molecule has 2 rings (SSSR count). The number of amides is 1. The molecule has 1 amide bonds. The Labute approximate surface area is 147 Å². The fourth-order valence-electron chi connectivity index (χ4n) is 2.45. The summed E-state index contributed by atoms with van der Waals surface area (Å²) in [4.78, 5) is 25.6. The number of nitrogens with zero attached hydrogens (tertiary/aromatic N) is 3. The van der Waals surface area contributed by atoms with Gasteiger partial charge in [0.1, 0.15) is 10.6 Å². The molecule has 0 atom stereocenters. The van der Waals surface area contributed by atoms with Crippen LogP contribution in [0.4, 0.5) is 0 Å². The lowest BCUT2D eigenvalue weighted by molar-refractivity contribution is -0.135. The topological polar surface area (TPSA) is 98.2 Å². The third-order valence-corrected chi connectivity index (χ3v) is 5.66. The van der Waals surface area contributed by atoms with Gasteiger partial charge >= 0.3 is 5.97 Å². The predicted octanol–water partition coefficient (Wildman–Crippen LogP) is -0.319. The second-order valence-electron chi connectivity index (χ2n) is 5.65. The van der Waals surface area contributed by atoms with Gasteiger partial charge in [-0.05, 0) is 13.0 Å². The van der Waals surface area contributed by atoms with Gasteiger partial charge in [0.05, 0.1) is 26.4 Å². The van der Waals surface area contributed by atoms with E-state index >= 15 is 0 Å². The van der Waals surface area contributed by atoms with Crippen molar-refractivity contribution in [2.75, 3.05) is 46.5 Å². The molecule has 1 fully saturated rings. The summed E-state index contributed by atoms with van der Waals surface area (Å²) in [5, 5.41) is 0. The summed E-state index contributed by atoms with van der Waals surface area (Å²) in [5.41, 5.74) is 0.133. The zero-order chi connectivity index (χ0) is 18.6. The number of carbonyl (C=O) groups excluding carboxylic acids is 2. The molecule has 0 spiro atoms. The first kappa shape index (κ1) is 19.4. The summed E-state index contributed by atoms with van der Waals surface area (Å²) >= 11 is 0. The van der Waals surface area contributed by atoms with Crippen LogP contribution in [0.3, 0.4) is 0 Å². The quantitative estimate of drug-likeness (QED) is 0.634. The highest BCUT2D eigenvalue weighted by atomic mass is 32.2. The first-order chi connectivity index (χ1) is 11.8. The minimum absolute atomic E-state index is 0.0599. The van der Waals surface area contributed by atoms with Gasteiger partial charge in [0.25, 0.3) is 0 Å². The number of rotatable bonds is 6. The minimum Gasteiger partial charge on any atom is -0.461 e. The van der Waals surface area contributed by atoms with E-state index in [1.807, 2.05) is 0 Å². The van der Waals surface area contributed by atoms with Crippen LogP contribution in [0.25, 0.3) is 0 Å². The lowest BCUT2D eigenvalue weighted by Crippen LogP contribution is -2.46. The van der Waals surface area contributed by atoms with Crippen molar-refractivity contribution in [1.82, 2.24) is 13.8 Å². The fourth-order valence-corrected chi connectivity index (χ4v) is 3.64. The summed E-state index contributed by atoms with van der Waals surface area (Å²) < 4.78 is 37.8. The number of aryl methyl sites for hydroxylation is 1. The monoisotopic (exact) mass is 373 g/mol. The number of aromatic nitrogens is 1. The van der Waals surface area contributed by atoms with Gasteiger partial charge in [-0.15, -0.1) is 0 Å². The molecule has 1 saturated heterocycles. The molecule has 1 aromatic heterocycles. The van der Waals surface area contributed by atoms with Crippen molar-refractivity contribution in [3.05, 3.63) is 18.0 Å². The number of hydrogen-bond donors (Lipinski definition) is 0. The molecule has 9 nitrogen and oxygen atoms in total. The van der Waals surface area contributed by atoms with E-state index in [2.05, 4.69) is 0 Å². The Kier molecular flexibility index (Phi) is 6.20. The molecule has 2 heterocycles. The molecule has 0 radical (unpaired) electrons. The maximum atomic E-state index is 12.7. The van der Waals surface area contributed by atoms with E-state index in [4.69, 9.17) is 9.47 Å². The van der Waals surface area contributed by atoms with Crippen molar-refractivity contribution in [2.45, 2.75) is 11.8 Å². The van der Waals surface area contributed by atoms with Crippen LogP contribution in [0, 0.1) is 0 Å². The largest absolute Gasteiger partial charge is 0.461 e. The maximum Gasteiger partial charge on any atom is 0.354 e. The standard InChI is InChI=1S/C15H23N3O6S/c1-4-24-15(20)13-9-12(10-16(13)2)25(21,22)17(3)11-14(19)18-5-7-23-8-6-18/h9-10H,4-8,11H2,1-3H3. The van der Waals surface area contributed by atoms with Gasteiger partial charge in [-0.1, -0.05) is 0 Å². The lowest BCUT2D eigenvalue weighted by atomic mass is 10.4. The van der Waals surface area contributed by atoms with Gasteiger partial charge in [0.2, 0.25) is 15.9 Å². The van der Waals surface area contributed by atoms with Gasteiger partial charge < -0.3 is 18.9 Å². The third kappa shape index (κ3) is 4.39. The van der Waals surface area contributed by atoms with Crippen molar-refractivity contribution >= 4 is 21.9 Å². The second-order valence-corrected chi connectivity index (χ2v) is 7.69. The Balaban J connectivity index is 2.13. The van der Waals surface area contributed by atoms with Crippen LogP contribution in [0.5, 0.6) is 0 Å². The first-order valence-electron chi connectivity index (χ1n) is 7.92. The molecule has 0 unspecified atom stereocenters. The fraction of sp³-hybridized carbons (Fsp3) is 0.600. The van der Waals surface area contributed by atoms with Gasteiger partial charge in [0.15, 0.2) is 0 Å². The van der Waals surface area contributed by atoms with Crippen molar-refractivity contribution in [3.8, 4) is 0 Å². The molecule has 0 N–H and O–H groups in total. The molecule has 140 valence electrons. The summed E-state index contributed by atoms with van der Waals surface area (Å²) in [6, 6.07) is 1.25. The van der Waals surface area contributed by atoms with E-state index in [-0.39, 0.29) is 29.6 Å². The number of esters is 1. The molecular weight excluding hydrogens is 350 g/mol. The Morgan fingerprint density at radius 3 is 2.56 bits per heavy atom. The molecule has 1 aromatic rings. The molecule has 0 bridgehead atoms. The average molecular weight is 373 g/mol. The average Bonchev–Trinajstić information content (AvgIpc) is 2.98. The van der Waals surface area contributed by atoms with E-state index < -0.39 is 16.0 Å². The molecule has 0 aromatic carbocycles. The summed E-state index contributed by atoms with van der Waals surface area (Å²) in [6.45, 7) is 3.39. The molecule has 10 heteroatoms. The Hall–Kier alpha value is -1.91. The van der Waals surface area contributed by atoms with Gasteiger partial charge in [-0.25, -0.2) is 13.2 Å². The van der Waals surface area contributed by atoms with Crippen molar-refractivity contribution in [1.29, 1.82) is 0 Å². The Morgan fingerprint density at radius 2 is 1.96 bits per heavy atom. The lowest BCUT2D eigenvalue weighted by Gasteiger charge is -2.28. The highest BCUT2D eigenvalue weighted by Crippen LogP contribution is 2.18. The van der Waals surface area contributed by atoms with E-state index in [0.717, 1.165) is 4.31 Å². The van der Waals surface area contributed by atoms with Crippen LogP contribution < -0.4 is 0 Å². The minimum atomic E-state index is -3.90. The van der Waals surface area contributed by atoms with Crippen LogP contribution in [0.1, 0.15) is 17.4 Å². The zero-order valence-electron chi connectivity index (χ0n) is 14.6. The highest BCUT2D eigenvalue weighted by molar-refractivity contribution is 7.89. The van der Waals surface area contributed by atoms with Crippen LogP contribution in [-0.2, 0) is 31.3 Å². The number of likely N-dealkylation sites (N-methyl/N-ethyl adjacent to an activating group) is 1. The summed E-state index contributed by atoms with van der Waals surface area (Å²) in [5.74, 6) is -0.880. The van der Waals surface area contributed by atoms with Gasteiger partial charge in [-0.2, -0.15) is 4.31 Å². The maximum absolute atomic E-state index is 12.7. The first-order valence-corrected chi connectivity index (χ1v) is 9.36. The molecule has 0 saturated carbocycles. The number of carbonyl (C=O) groups is 2. The highest BCUT2D eigenvalue weighted by Gasteiger charge is 2.28.